The quantitative estimate of drug-likeness (QED) is 0.374. The van der Waals surface area contributed by atoms with Gasteiger partial charge in [0.1, 0.15) is 17.0 Å². The van der Waals surface area contributed by atoms with E-state index < -0.39 is 5.97 Å². The van der Waals surface area contributed by atoms with Crippen LogP contribution in [-0.4, -0.2) is 28.0 Å². The summed E-state index contributed by atoms with van der Waals surface area (Å²) in [6, 6.07) is 19.9. The van der Waals surface area contributed by atoms with E-state index in [0.29, 0.717) is 22.6 Å². The van der Waals surface area contributed by atoms with Crippen LogP contribution in [-0.2, 0) is 0 Å². The Morgan fingerprint density at radius 3 is 2.50 bits per heavy atom. The highest BCUT2D eigenvalue weighted by Crippen LogP contribution is 2.26. The van der Waals surface area contributed by atoms with Crippen molar-refractivity contribution in [1.29, 1.82) is 0 Å². The molecule has 6 nitrogen and oxygen atoms in total. The summed E-state index contributed by atoms with van der Waals surface area (Å²) < 4.78 is 10.6. The van der Waals surface area contributed by atoms with Gasteiger partial charge in [0.05, 0.1) is 23.7 Å². The molecule has 0 unspecified atom stereocenters. The van der Waals surface area contributed by atoms with Crippen molar-refractivity contribution in [2.75, 3.05) is 7.11 Å². The number of methoxy groups -OCH3 is 1. The molecule has 0 fully saturated rings. The summed E-state index contributed by atoms with van der Waals surface area (Å²) in [5.74, 6) is 0.658. The molecule has 28 heavy (non-hydrogen) atoms. The zero-order chi connectivity index (χ0) is 19.1. The predicted octanol–water partition coefficient (Wildman–Crippen LogP) is 4.49. The number of H-pyrrole nitrogens is 1. The van der Waals surface area contributed by atoms with Crippen molar-refractivity contribution in [3.05, 3.63) is 72.3 Å². The maximum atomic E-state index is 12.4. The highest BCUT2D eigenvalue weighted by Gasteiger charge is 2.12. The second kappa shape index (κ2) is 6.35. The van der Waals surface area contributed by atoms with Gasteiger partial charge in [-0.1, -0.05) is 18.2 Å². The van der Waals surface area contributed by atoms with E-state index in [1.807, 2.05) is 24.3 Å². The van der Waals surface area contributed by atoms with Gasteiger partial charge in [-0.2, -0.15) is 0 Å². The molecule has 2 aromatic heterocycles. The molecule has 2 heterocycles. The number of benzene rings is 3. The third kappa shape index (κ3) is 2.72. The second-order valence-corrected chi connectivity index (χ2v) is 6.36. The Morgan fingerprint density at radius 1 is 0.893 bits per heavy atom. The first kappa shape index (κ1) is 16.3. The van der Waals surface area contributed by atoms with Crippen LogP contribution in [0, 0.1) is 0 Å². The monoisotopic (exact) mass is 369 g/mol. The molecule has 0 saturated heterocycles. The lowest BCUT2D eigenvalue weighted by atomic mass is 10.2. The van der Waals surface area contributed by atoms with Crippen LogP contribution in [0.2, 0.25) is 0 Å². The molecule has 0 amide bonds. The number of ether oxygens (including phenoxy) is 2. The number of carbonyl (C=O) groups excluding carboxylic acids is 1. The highest BCUT2D eigenvalue weighted by atomic mass is 16.5. The average Bonchev–Trinajstić information content (AvgIpc) is 3.09. The topological polar surface area (TPSA) is 77.1 Å². The molecule has 136 valence electrons. The molecule has 0 saturated carbocycles. The largest absolute Gasteiger partial charge is 0.497 e. The lowest BCUT2D eigenvalue weighted by Gasteiger charge is -2.06. The Labute approximate surface area is 159 Å². The summed E-state index contributed by atoms with van der Waals surface area (Å²) in [5, 5.41) is 1.01. The van der Waals surface area contributed by atoms with Gasteiger partial charge in [-0.25, -0.2) is 14.8 Å². The van der Waals surface area contributed by atoms with E-state index in [4.69, 9.17) is 14.5 Å². The molecule has 0 aliphatic rings. The van der Waals surface area contributed by atoms with E-state index in [2.05, 4.69) is 9.97 Å². The Morgan fingerprint density at radius 2 is 1.68 bits per heavy atom. The summed E-state index contributed by atoms with van der Waals surface area (Å²) in [4.78, 5) is 25.0. The number of aromatic nitrogens is 3. The summed E-state index contributed by atoms with van der Waals surface area (Å²) >= 11 is 0. The van der Waals surface area contributed by atoms with E-state index in [0.717, 1.165) is 27.6 Å². The van der Waals surface area contributed by atoms with Crippen molar-refractivity contribution in [3.8, 4) is 11.5 Å². The zero-order valence-corrected chi connectivity index (χ0v) is 15.0. The molecule has 0 aliphatic heterocycles. The lowest BCUT2D eigenvalue weighted by molar-refractivity contribution is 0.0735. The Hall–Kier alpha value is -3.93. The van der Waals surface area contributed by atoms with Gasteiger partial charge in [-0.05, 0) is 42.5 Å². The van der Waals surface area contributed by atoms with Crippen LogP contribution in [0.15, 0.2) is 66.7 Å². The van der Waals surface area contributed by atoms with Crippen molar-refractivity contribution in [3.63, 3.8) is 0 Å². The lowest BCUT2D eigenvalue weighted by Crippen LogP contribution is -2.08. The molecular weight excluding hydrogens is 354 g/mol. The molecule has 0 radical (unpaired) electrons. The van der Waals surface area contributed by atoms with E-state index in [-0.39, 0.29) is 0 Å². The Balaban J connectivity index is 1.51. The van der Waals surface area contributed by atoms with Crippen LogP contribution in [0.3, 0.4) is 0 Å². The van der Waals surface area contributed by atoms with Crippen molar-refractivity contribution >= 4 is 39.1 Å². The standard InChI is InChI=1S/C22H15N3O3/c1-27-14-8-6-13(7-9-14)22(26)28-15-10-11-18-19(12-15)23-20-16-4-2-3-5-17(16)24-21(20)25-18/h2-12H,1H3,(H,24,25). The fraction of sp³-hybridized carbons (Fsp3) is 0.0455. The second-order valence-electron chi connectivity index (χ2n) is 6.36. The number of nitrogens with one attached hydrogen (secondary N) is 1. The van der Waals surface area contributed by atoms with Gasteiger partial charge in [-0.3, -0.25) is 0 Å². The summed E-state index contributed by atoms with van der Waals surface area (Å²) in [7, 11) is 1.58. The minimum absolute atomic E-state index is 0.418. The van der Waals surface area contributed by atoms with Crippen LogP contribution >= 0.6 is 0 Å². The number of aromatic amines is 1. The minimum Gasteiger partial charge on any atom is -0.497 e. The zero-order valence-electron chi connectivity index (χ0n) is 15.0. The van der Waals surface area contributed by atoms with Crippen LogP contribution in [0.5, 0.6) is 11.5 Å². The molecule has 3 aromatic carbocycles. The third-order valence-electron chi connectivity index (χ3n) is 4.61. The Bertz CT molecular complexity index is 1340. The average molecular weight is 369 g/mol. The molecule has 5 aromatic rings. The van der Waals surface area contributed by atoms with Crippen LogP contribution in [0.25, 0.3) is 33.1 Å². The van der Waals surface area contributed by atoms with E-state index >= 15 is 0 Å². The van der Waals surface area contributed by atoms with Gasteiger partial charge in [0.2, 0.25) is 0 Å². The van der Waals surface area contributed by atoms with Crippen molar-refractivity contribution < 1.29 is 14.3 Å². The van der Waals surface area contributed by atoms with E-state index in [9.17, 15) is 4.79 Å². The van der Waals surface area contributed by atoms with Crippen molar-refractivity contribution in [1.82, 2.24) is 15.0 Å². The number of carbonyl (C=O) groups is 1. The van der Waals surface area contributed by atoms with Gasteiger partial charge in [0, 0.05) is 17.0 Å². The molecule has 0 atom stereocenters. The van der Waals surface area contributed by atoms with Crippen LogP contribution in [0.1, 0.15) is 10.4 Å². The van der Waals surface area contributed by atoms with Gasteiger partial charge in [0.25, 0.3) is 0 Å². The van der Waals surface area contributed by atoms with Gasteiger partial charge in [0.15, 0.2) is 5.65 Å². The van der Waals surface area contributed by atoms with Crippen molar-refractivity contribution in [2.24, 2.45) is 0 Å². The van der Waals surface area contributed by atoms with E-state index in [1.54, 1.807) is 49.6 Å². The van der Waals surface area contributed by atoms with E-state index in [1.165, 1.54) is 0 Å². The number of esters is 1. The summed E-state index contributed by atoms with van der Waals surface area (Å²) in [6.45, 7) is 0. The fourth-order valence-electron chi connectivity index (χ4n) is 3.19. The summed E-state index contributed by atoms with van der Waals surface area (Å²) in [6.07, 6.45) is 0. The molecular formula is C22H15N3O3. The first-order chi connectivity index (χ1) is 13.7. The number of nitrogens with zero attached hydrogens (tertiary/aromatic N) is 2. The molecule has 0 bridgehead atoms. The SMILES string of the molecule is COc1ccc(C(=O)Oc2ccc3nc4[nH]c5ccccc5c4nc3c2)cc1. The maximum absolute atomic E-state index is 12.4. The van der Waals surface area contributed by atoms with Gasteiger partial charge in [-0.15, -0.1) is 0 Å². The Kier molecular flexibility index (Phi) is 3.69. The normalized spacial score (nSPS) is 11.2. The van der Waals surface area contributed by atoms with Crippen molar-refractivity contribution in [2.45, 2.75) is 0 Å². The number of fused-ring (bicyclic) bond motifs is 4. The molecule has 1 N–H and O–H groups in total. The third-order valence-corrected chi connectivity index (χ3v) is 4.61. The first-order valence-corrected chi connectivity index (χ1v) is 8.76. The number of rotatable bonds is 3. The summed E-state index contributed by atoms with van der Waals surface area (Å²) in [5.41, 5.74) is 4.34. The molecule has 6 heteroatoms. The number of hydrogen-bond donors (Lipinski definition) is 1. The number of hydrogen-bond acceptors (Lipinski definition) is 5. The molecule has 5 rings (SSSR count). The van der Waals surface area contributed by atoms with Crippen LogP contribution < -0.4 is 9.47 Å². The van der Waals surface area contributed by atoms with Gasteiger partial charge < -0.3 is 14.5 Å². The first-order valence-electron chi connectivity index (χ1n) is 8.76. The van der Waals surface area contributed by atoms with Gasteiger partial charge >= 0.3 is 5.97 Å². The van der Waals surface area contributed by atoms with Crippen LogP contribution in [0.4, 0.5) is 0 Å². The minimum atomic E-state index is -0.442. The smallest absolute Gasteiger partial charge is 0.343 e. The predicted molar refractivity (Wildman–Crippen MR) is 107 cm³/mol. The molecule has 0 aliphatic carbocycles. The number of para-hydroxylation sites is 1. The fourth-order valence-corrected chi connectivity index (χ4v) is 3.19. The maximum Gasteiger partial charge on any atom is 0.343 e. The molecule has 0 spiro atoms. The highest BCUT2D eigenvalue weighted by molar-refractivity contribution is 6.05.